The third-order valence-corrected chi connectivity index (χ3v) is 5.20. The molecule has 3 nitrogen and oxygen atoms in total. The van der Waals surface area contributed by atoms with Crippen molar-refractivity contribution in [2.75, 3.05) is 18.1 Å². The Morgan fingerprint density at radius 2 is 2.42 bits per heavy atom. The Kier molecular flexibility index (Phi) is 4.03. The van der Waals surface area contributed by atoms with E-state index < -0.39 is 0 Å². The molecule has 1 saturated heterocycles. The normalized spacial score (nSPS) is 21.0. The lowest BCUT2D eigenvalue weighted by atomic mass is 10.1. The van der Waals surface area contributed by atoms with E-state index >= 15 is 0 Å². The zero-order valence-corrected chi connectivity index (χ0v) is 13.0. The molecule has 0 aromatic heterocycles. The molecule has 0 radical (unpaired) electrons. The summed E-state index contributed by atoms with van der Waals surface area (Å²) in [6.45, 7) is 1.30. The zero-order chi connectivity index (χ0) is 13.2. The second-order valence-electron chi connectivity index (χ2n) is 4.93. The highest BCUT2D eigenvalue weighted by molar-refractivity contribution is 9.10. The molecular formula is C14H16BrNO2S. The number of halogens is 1. The molecule has 0 spiro atoms. The summed E-state index contributed by atoms with van der Waals surface area (Å²) < 4.78 is 6.72. The fourth-order valence-corrected chi connectivity index (χ4v) is 4.32. The van der Waals surface area contributed by atoms with Gasteiger partial charge < -0.3 is 10.1 Å². The molecule has 5 heteroatoms. The summed E-state index contributed by atoms with van der Waals surface area (Å²) in [5.74, 6) is 3.39. The summed E-state index contributed by atoms with van der Waals surface area (Å²) in [5.41, 5.74) is 2.30. The summed E-state index contributed by atoms with van der Waals surface area (Å²) in [6.07, 6.45) is 1.96. The zero-order valence-electron chi connectivity index (χ0n) is 10.6. The van der Waals surface area contributed by atoms with Crippen LogP contribution in [0.3, 0.4) is 0 Å². The van der Waals surface area contributed by atoms with Crippen molar-refractivity contribution in [3.63, 3.8) is 0 Å². The molecule has 2 aliphatic rings. The van der Waals surface area contributed by atoms with Gasteiger partial charge in [-0.3, -0.25) is 4.79 Å². The first-order valence-electron chi connectivity index (χ1n) is 6.53. The minimum atomic E-state index is 0.178. The van der Waals surface area contributed by atoms with E-state index in [4.69, 9.17) is 4.74 Å². The fourth-order valence-electron chi connectivity index (χ4n) is 2.55. The molecule has 1 aromatic carbocycles. The van der Waals surface area contributed by atoms with Crippen molar-refractivity contribution in [1.29, 1.82) is 0 Å². The summed E-state index contributed by atoms with van der Waals surface area (Å²) >= 11 is 5.38. The number of hydrogen-bond donors (Lipinski definition) is 1. The largest absolute Gasteiger partial charge is 0.493 e. The fraction of sp³-hybridized carbons (Fsp3) is 0.500. The van der Waals surface area contributed by atoms with Crippen LogP contribution in [0.5, 0.6) is 5.75 Å². The van der Waals surface area contributed by atoms with Gasteiger partial charge in [-0.1, -0.05) is 15.9 Å². The molecule has 1 aromatic rings. The monoisotopic (exact) mass is 341 g/mol. The molecule has 0 aliphatic carbocycles. The van der Waals surface area contributed by atoms with Crippen LogP contribution >= 0.6 is 27.7 Å². The number of rotatable bonds is 3. The Morgan fingerprint density at radius 3 is 3.21 bits per heavy atom. The molecular weight excluding hydrogens is 326 g/mol. The molecule has 102 valence electrons. The van der Waals surface area contributed by atoms with Crippen molar-refractivity contribution in [3.05, 3.63) is 27.7 Å². The standard InChI is InChI=1S/C14H16BrNO2S/c15-12-5-9-1-3-18-13(9)11(6-12)7-16-14(17)10-2-4-19-8-10/h5-6,10H,1-4,7-8H2,(H,16,17). The van der Waals surface area contributed by atoms with Crippen molar-refractivity contribution in [3.8, 4) is 5.75 Å². The van der Waals surface area contributed by atoms with Crippen LogP contribution in [0.4, 0.5) is 0 Å². The maximum Gasteiger partial charge on any atom is 0.224 e. The molecule has 2 heterocycles. The number of thioether (sulfide) groups is 1. The number of carbonyl (C=O) groups is 1. The Morgan fingerprint density at radius 1 is 1.53 bits per heavy atom. The van der Waals surface area contributed by atoms with Crippen LogP contribution in [0.2, 0.25) is 0 Å². The summed E-state index contributed by atoms with van der Waals surface area (Å²) in [4.78, 5) is 12.0. The molecule has 1 unspecified atom stereocenters. The van der Waals surface area contributed by atoms with Gasteiger partial charge in [-0.05, 0) is 29.9 Å². The highest BCUT2D eigenvalue weighted by atomic mass is 79.9. The first-order valence-corrected chi connectivity index (χ1v) is 8.48. The third kappa shape index (κ3) is 2.92. The van der Waals surface area contributed by atoms with Gasteiger partial charge in [0, 0.05) is 34.7 Å². The minimum Gasteiger partial charge on any atom is -0.493 e. The van der Waals surface area contributed by atoms with Crippen LogP contribution in [-0.4, -0.2) is 24.0 Å². The van der Waals surface area contributed by atoms with Crippen molar-refractivity contribution in [1.82, 2.24) is 5.32 Å². The number of ether oxygens (including phenoxy) is 1. The van der Waals surface area contributed by atoms with Gasteiger partial charge in [-0.15, -0.1) is 0 Å². The Balaban J connectivity index is 1.68. The van der Waals surface area contributed by atoms with Gasteiger partial charge in [-0.25, -0.2) is 0 Å². The predicted molar refractivity (Wildman–Crippen MR) is 80.6 cm³/mol. The van der Waals surface area contributed by atoms with Crippen LogP contribution in [0.1, 0.15) is 17.5 Å². The first-order chi connectivity index (χ1) is 9.24. The van der Waals surface area contributed by atoms with Crippen molar-refractivity contribution < 1.29 is 9.53 Å². The van der Waals surface area contributed by atoms with Gasteiger partial charge >= 0.3 is 0 Å². The summed E-state index contributed by atoms with van der Waals surface area (Å²) in [7, 11) is 0. The SMILES string of the molecule is O=C(NCc1cc(Br)cc2c1OCC2)C1CCSC1. The number of benzene rings is 1. The van der Waals surface area contributed by atoms with Gasteiger partial charge in [0.05, 0.1) is 6.61 Å². The lowest BCUT2D eigenvalue weighted by Gasteiger charge is -2.12. The maximum absolute atomic E-state index is 12.0. The van der Waals surface area contributed by atoms with Gasteiger partial charge in [0.25, 0.3) is 0 Å². The Bertz CT molecular complexity index is 500. The number of fused-ring (bicyclic) bond motifs is 1. The molecule has 1 fully saturated rings. The van der Waals surface area contributed by atoms with E-state index in [0.717, 1.165) is 46.7 Å². The predicted octanol–water partition coefficient (Wildman–Crippen LogP) is 2.75. The lowest BCUT2D eigenvalue weighted by molar-refractivity contribution is -0.124. The van der Waals surface area contributed by atoms with E-state index in [2.05, 4.69) is 27.3 Å². The molecule has 3 rings (SSSR count). The maximum atomic E-state index is 12.0. The molecule has 19 heavy (non-hydrogen) atoms. The summed E-state index contributed by atoms with van der Waals surface area (Å²) in [6, 6.07) is 4.13. The number of carbonyl (C=O) groups excluding carboxylic acids is 1. The van der Waals surface area contributed by atoms with Crippen LogP contribution in [0, 0.1) is 5.92 Å². The van der Waals surface area contributed by atoms with Crippen LogP contribution in [0.15, 0.2) is 16.6 Å². The van der Waals surface area contributed by atoms with E-state index in [-0.39, 0.29) is 11.8 Å². The molecule has 2 aliphatic heterocycles. The van der Waals surface area contributed by atoms with E-state index in [0.29, 0.717) is 6.54 Å². The van der Waals surface area contributed by atoms with Crippen molar-refractivity contribution in [2.45, 2.75) is 19.4 Å². The number of nitrogens with one attached hydrogen (secondary N) is 1. The summed E-state index contributed by atoms with van der Waals surface area (Å²) in [5, 5.41) is 3.04. The smallest absolute Gasteiger partial charge is 0.224 e. The lowest BCUT2D eigenvalue weighted by Crippen LogP contribution is -2.30. The van der Waals surface area contributed by atoms with E-state index in [1.165, 1.54) is 5.56 Å². The highest BCUT2D eigenvalue weighted by Gasteiger charge is 2.24. The minimum absolute atomic E-state index is 0.178. The Labute approximate surface area is 125 Å². The molecule has 0 bridgehead atoms. The average molecular weight is 342 g/mol. The first kappa shape index (κ1) is 13.3. The van der Waals surface area contributed by atoms with Crippen molar-refractivity contribution >= 4 is 33.6 Å². The Hall–Kier alpha value is -0.680. The number of amides is 1. The molecule has 1 atom stereocenters. The van der Waals surface area contributed by atoms with Crippen LogP contribution in [-0.2, 0) is 17.8 Å². The van der Waals surface area contributed by atoms with Crippen LogP contribution < -0.4 is 10.1 Å². The number of hydrogen-bond acceptors (Lipinski definition) is 3. The highest BCUT2D eigenvalue weighted by Crippen LogP contribution is 2.33. The molecule has 1 amide bonds. The third-order valence-electron chi connectivity index (χ3n) is 3.58. The van der Waals surface area contributed by atoms with Gasteiger partial charge in [0.2, 0.25) is 5.91 Å². The second-order valence-corrected chi connectivity index (χ2v) is 7.00. The van der Waals surface area contributed by atoms with Crippen LogP contribution in [0.25, 0.3) is 0 Å². The van der Waals surface area contributed by atoms with Gasteiger partial charge in [0.15, 0.2) is 0 Å². The van der Waals surface area contributed by atoms with E-state index in [1.807, 2.05) is 17.8 Å². The molecule has 1 N–H and O–H groups in total. The molecule has 0 saturated carbocycles. The van der Waals surface area contributed by atoms with Gasteiger partial charge in [0.1, 0.15) is 5.75 Å². The van der Waals surface area contributed by atoms with Gasteiger partial charge in [-0.2, -0.15) is 11.8 Å². The average Bonchev–Trinajstić information content (AvgIpc) is 3.05. The van der Waals surface area contributed by atoms with E-state index in [9.17, 15) is 4.79 Å². The second kappa shape index (κ2) is 5.75. The topological polar surface area (TPSA) is 38.3 Å². The quantitative estimate of drug-likeness (QED) is 0.918. The van der Waals surface area contributed by atoms with E-state index in [1.54, 1.807) is 0 Å². The van der Waals surface area contributed by atoms with Crippen molar-refractivity contribution in [2.24, 2.45) is 5.92 Å².